The largest absolute Gasteiger partial charge is 0.478 e. The fraction of sp³-hybridized carbons (Fsp3) is 0.588. The van der Waals surface area contributed by atoms with Gasteiger partial charge in [0.15, 0.2) is 0 Å². The van der Waals surface area contributed by atoms with Crippen molar-refractivity contribution in [3.05, 3.63) is 29.3 Å². The number of sulfonamides is 1. The van der Waals surface area contributed by atoms with Gasteiger partial charge in [0.25, 0.3) is 0 Å². The Morgan fingerprint density at radius 1 is 1.12 bits per heavy atom. The summed E-state index contributed by atoms with van der Waals surface area (Å²) >= 11 is 0. The van der Waals surface area contributed by atoms with Crippen molar-refractivity contribution in [2.45, 2.75) is 43.5 Å². The summed E-state index contributed by atoms with van der Waals surface area (Å²) < 4.78 is 27.4. The molecule has 3 rings (SSSR count). The summed E-state index contributed by atoms with van der Waals surface area (Å²) in [6, 6.07) is 4.76. The summed E-state index contributed by atoms with van der Waals surface area (Å²) in [4.78, 5) is 13.7. The van der Waals surface area contributed by atoms with Crippen LogP contribution in [0.2, 0.25) is 0 Å². The van der Waals surface area contributed by atoms with E-state index in [-0.39, 0.29) is 10.5 Å². The molecule has 24 heavy (non-hydrogen) atoms. The Morgan fingerprint density at radius 3 is 2.33 bits per heavy atom. The number of benzene rings is 1. The molecule has 1 aromatic carbocycles. The number of aromatic carboxylic acids is 1. The lowest BCUT2D eigenvalue weighted by Crippen LogP contribution is -2.45. The third-order valence-corrected chi connectivity index (χ3v) is 7.17. The van der Waals surface area contributed by atoms with Gasteiger partial charge in [-0.1, -0.05) is 6.07 Å². The molecule has 2 aliphatic heterocycles. The van der Waals surface area contributed by atoms with Gasteiger partial charge in [-0.25, -0.2) is 13.2 Å². The van der Waals surface area contributed by atoms with E-state index >= 15 is 0 Å². The van der Waals surface area contributed by atoms with Gasteiger partial charge < -0.3 is 10.0 Å². The number of nitrogens with zero attached hydrogens (tertiary/aromatic N) is 2. The molecule has 6 nitrogen and oxygen atoms in total. The Hall–Kier alpha value is -1.44. The Balaban J connectivity index is 1.77. The number of carboxylic acids is 1. The van der Waals surface area contributed by atoms with Crippen molar-refractivity contribution in [3.8, 4) is 0 Å². The van der Waals surface area contributed by atoms with Gasteiger partial charge in [0.2, 0.25) is 10.0 Å². The highest BCUT2D eigenvalue weighted by atomic mass is 32.2. The first-order chi connectivity index (χ1) is 11.4. The third-order valence-electron chi connectivity index (χ3n) is 5.13. The molecule has 0 unspecified atom stereocenters. The highest BCUT2D eigenvalue weighted by molar-refractivity contribution is 7.89. The van der Waals surface area contributed by atoms with Gasteiger partial charge >= 0.3 is 5.97 Å². The Bertz CT molecular complexity index is 718. The van der Waals surface area contributed by atoms with Gasteiger partial charge in [0, 0.05) is 19.1 Å². The maximum absolute atomic E-state index is 12.9. The van der Waals surface area contributed by atoms with Crippen LogP contribution in [0.1, 0.15) is 41.6 Å². The van der Waals surface area contributed by atoms with Crippen molar-refractivity contribution >= 4 is 16.0 Å². The van der Waals surface area contributed by atoms with Crippen LogP contribution in [0, 0.1) is 6.92 Å². The minimum Gasteiger partial charge on any atom is -0.478 e. The number of likely N-dealkylation sites (tertiary alicyclic amines) is 1. The predicted octanol–water partition coefficient (Wildman–Crippen LogP) is 1.94. The molecule has 0 amide bonds. The van der Waals surface area contributed by atoms with E-state index in [1.165, 1.54) is 29.3 Å². The van der Waals surface area contributed by atoms with E-state index in [1.807, 2.05) is 0 Å². The van der Waals surface area contributed by atoms with Crippen LogP contribution in [0.4, 0.5) is 0 Å². The molecule has 1 N–H and O–H groups in total. The van der Waals surface area contributed by atoms with Gasteiger partial charge in [-0.3, -0.25) is 0 Å². The summed E-state index contributed by atoms with van der Waals surface area (Å²) in [6.07, 6.45) is 4.16. The van der Waals surface area contributed by atoms with Crippen molar-refractivity contribution < 1.29 is 18.3 Å². The summed E-state index contributed by atoms with van der Waals surface area (Å²) in [6.45, 7) is 4.95. The van der Waals surface area contributed by atoms with Gasteiger partial charge in [-0.15, -0.1) is 0 Å². The SMILES string of the molecule is Cc1ccc(C(=O)O)cc1S(=O)(=O)N1CCC(N2CCCC2)CC1. The fourth-order valence-corrected chi connectivity index (χ4v) is 5.43. The standard InChI is InChI=1S/C17H24N2O4S/c1-13-4-5-14(17(20)21)12-16(13)24(22,23)19-10-6-15(7-11-19)18-8-2-3-9-18/h4-5,12,15H,2-3,6-11H2,1H3,(H,20,21). The van der Waals surface area contributed by atoms with Gasteiger partial charge in [-0.05, 0) is 63.4 Å². The summed E-state index contributed by atoms with van der Waals surface area (Å²) in [5.41, 5.74) is 0.591. The van der Waals surface area contributed by atoms with Gasteiger partial charge in [-0.2, -0.15) is 4.31 Å². The number of carbonyl (C=O) groups is 1. The fourth-order valence-electron chi connectivity index (χ4n) is 3.70. The second kappa shape index (κ2) is 6.82. The molecular weight excluding hydrogens is 328 g/mol. The van der Waals surface area contributed by atoms with Crippen LogP contribution < -0.4 is 0 Å². The Kier molecular flexibility index (Phi) is 4.94. The van der Waals surface area contributed by atoms with Crippen molar-refractivity contribution in [2.75, 3.05) is 26.2 Å². The smallest absolute Gasteiger partial charge is 0.335 e. The second-order valence-electron chi connectivity index (χ2n) is 6.66. The molecule has 2 fully saturated rings. The molecule has 2 saturated heterocycles. The minimum atomic E-state index is -3.64. The zero-order chi connectivity index (χ0) is 17.3. The molecule has 132 valence electrons. The molecule has 0 bridgehead atoms. The first-order valence-electron chi connectivity index (χ1n) is 8.48. The second-order valence-corrected chi connectivity index (χ2v) is 8.57. The summed E-state index contributed by atoms with van der Waals surface area (Å²) in [7, 11) is -3.64. The normalized spacial score (nSPS) is 21.2. The van der Waals surface area contributed by atoms with E-state index in [0.717, 1.165) is 25.9 Å². The van der Waals surface area contributed by atoms with Crippen molar-refractivity contribution in [1.29, 1.82) is 0 Å². The Morgan fingerprint density at radius 2 is 1.75 bits per heavy atom. The molecular formula is C17H24N2O4S. The number of rotatable bonds is 4. The quantitative estimate of drug-likeness (QED) is 0.896. The van der Waals surface area contributed by atoms with Gasteiger partial charge in [0.05, 0.1) is 10.5 Å². The first-order valence-corrected chi connectivity index (χ1v) is 9.92. The number of aryl methyl sites for hydroxylation is 1. The lowest BCUT2D eigenvalue weighted by molar-refractivity contribution is 0.0696. The number of hydrogen-bond acceptors (Lipinski definition) is 4. The topological polar surface area (TPSA) is 77.9 Å². The van der Waals surface area contributed by atoms with Crippen molar-refractivity contribution in [2.24, 2.45) is 0 Å². The average molecular weight is 352 g/mol. The average Bonchev–Trinajstić information content (AvgIpc) is 3.09. The van der Waals surface area contributed by atoms with Crippen molar-refractivity contribution in [3.63, 3.8) is 0 Å². The van der Waals surface area contributed by atoms with E-state index in [2.05, 4.69) is 4.90 Å². The molecule has 1 aromatic rings. The van der Waals surface area contributed by atoms with Crippen molar-refractivity contribution in [1.82, 2.24) is 9.21 Å². The van der Waals surface area contributed by atoms with E-state index in [0.29, 0.717) is 24.7 Å². The highest BCUT2D eigenvalue weighted by Gasteiger charge is 2.33. The van der Waals surface area contributed by atoms with Crippen LogP contribution in [-0.4, -0.2) is 60.9 Å². The molecule has 0 aromatic heterocycles. The van der Waals surface area contributed by atoms with Crippen LogP contribution in [0.25, 0.3) is 0 Å². The lowest BCUT2D eigenvalue weighted by Gasteiger charge is -2.36. The van der Waals surface area contributed by atoms with Crippen LogP contribution in [0.15, 0.2) is 23.1 Å². The van der Waals surface area contributed by atoms with E-state index < -0.39 is 16.0 Å². The monoisotopic (exact) mass is 352 g/mol. The van der Waals surface area contributed by atoms with Crippen LogP contribution >= 0.6 is 0 Å². The molecule has 2 aliphatic rings. The maximum Gasteiger partial charge on any atom is 0.335 e. The minimum absolute atomic E-state index is 0.00567. The maximum atomic E-state index is 12.9. The molecule has 0 saturated carbocycles. The lowest BCUT2D eigenvalue weighted by atomic mass is 10.1. The molecule has 0 spiro atoms. The molecule has 0 radical (unpaired) electrons. The van der Waals surface area contributed by atoms with E-state index in [4.69, 9.17) is 5.11 Å². The van der Waals surface area contributed by atoms with E-state index in [9.17, 15) is 13.2 Å². The molecule has 2 heterocycles. The Labute approximate surface area is 143 Å². The van der Waals surface area contributed by atoms with E-state index in [1.54, 1.807) is 13.0 Å². The number of piperidine rings is 1. The number of hydrogen-bond donors (Lipinski definition) is 1. The molecule has 0 atom stereocenters. The highest BCUT2D eigenvalue weighted by Crippen LogP contribution is 2.27. The predicted molar refractivity (Wildman–Crippen MR) is 90.7 cm³/mol. The summed E-state index contributed by atoms with van der Waals surface area (Å²) in [5, 5.41) is 9.12. The molecule has 7 heteroatoms. The summed E-state index contributed by atoms with van der Waals surface area (Å²) in [5.74, 6) is -1.11. The first kappa shape index (κ1) is 17.4. The van der Waals surface area contributed by atoms with Gasteiger partial charge in [0.1, 0.15) is 0 Å². The van der Waals surface area contributed by atoms with Crippen LogP contribution in [-0.2, 0) is 10.0 Å². The zero-order valence-corrected chi connectivity index (χ0v) is 14.8. The van der Waals surface area contributed by atoms with Crippen LogP contribution in [0.3, 0.4) is 0 Å². The van der Waals surface area contributed by atoms with Crippen LogP contribution in [0.5, 0.6) is 0 Å². The number of carboxylic acid groups (broad SMARTS) is 1. The molecule has 0 aliphatic carbocycles. The zero-order valence-electron chi connectivity index (χ0n) is 13.9. The third kappa shape index (κ3) is 3.34.